The minimum atomic E-state index is -0.612. The zero-order valence-corrected chi connectivity index (χ0v) is 22.2. The van der Waals surface area contributed by atoms with Crippen LogP contribution in [0.2, 0.25) is 0 Å². The van der Waals surface area contributed by atoms with Crippen LogP contribution in [0.1, 0.15) is 30.5 Å². The van der Waals surface area contributed by atoms with Gasteiger partial charge in [0.2, 0.25) is 11.8 Å². The van der Waals surface area contributed by atoms with Crippen LogP contribution in [0, 0.1) is 6.92 Å². The molecule has 3 rings (SSSR count). The first-order valence-electron chi connectivity index (χ1n) is 11.4. The molecule has 2 amide bonds. The Bertz CT molecular complexity index is 1070. The molecule has 0 aliphatic heterocycles. The number of halogens is 1. The second-order valence-corrected chi connectivity index (χ2v) is 10.6. The third-order valence-electron chi connectivity index (χ3n) is 5.35. The normalized spacial score (nSPS) is 11.8. The van der Waals surface area contributed by atoms with E-state index >= 15 is 0 Å². The number of nitrogens with zero attached hydrogens (tertiary/aromatic N) is 1. The lowest BCUT2D eigenvalue weighted by atomic mass is 10.0. The molecule has 0 aromatic heterocycles. The second kappa shape index (κ2) is 12.8. The van der Waals surface area contributed by atoms with Gasteiger partial charge in [0.1, 0.15) is 6.04 Å². The van der Waals surface area contributed by atoms with Gasteiger partial charge >= 0.3 is 0 Å². The summed E-state index contributed by atoms with van der Waals surface area (Å²) in [5.41, 5.74) is 3.18. The highest BCUT2D eigenvalue weighted by atomic mass is 79.9. The highest BCUT2D eigenvalue weighted by molar-refractivity contribution is 9.10. The minimum absolute atomic E-state index is 0.0164. The van der Waals surface area contributed by atoms with Crippen LogP contribution >= 0.6 is 27.7 Å². The lowest BCUT2D eigenvalue weighted by molar-refractivity contribution is -0.139. The van der Waals surface area contributed by atoms with Crippen molar-refractivity contribution >= 4 is 39.5 Å². The summed E-state index contributed by atoms with van der Waals surface area (Å²) < 4.78 is 0.974. The quantitative estimate of drug-likeness (QED) is 0.321. The van der Waals surface area contributed by atoms with Gasteiger partial charge in [-0.3, -0.25) is 9.59 Å². The van der Waals surface area contributed by atoms with Crippen molar-refractivity contribution in [1.82, 2.24) is 10.2 Å². The standard InChI is InChI=1S/C28H31BrN2O2S/c1-20(2)30-28(33)26(17-22-7-5-4-6-8-22)31(18-23-11-13-24(29)14-12-23)27(32)19-34-25-15-9-21(3)10-16-25/h4-16,20,26H,17-19H2,1-3H3,(H,30,33)/t26-/m0/s1. The van der Waals surface area contributed by atoms with Gasteiger partial charge in [0.25, 0.3) is 0 Å². The molecule has 0 spiro atoms. The van der Waals surface area contributed by atoms with E-state index in [2.05, 4.69) is 21.2 Å². The van der Waals surface area contributed by atoms with E-state index in [1.165, 1.54) is 17.3 Å². The fourth-order valence-corrected chi connectivity index (χ4v) is 4.63. The van der Waals surface area contributed by atoms with Gasteiger partial charge in [-0.2, -0.15) is 0 Å². The molecule has 4 nitrogen and oxygen atoms in total. The summed E-state index contributed by atoms with van der Waals surface area (Å²) in [6, 6.07) is 25.3. The Labute approximate surface area is 215 Å². The zero-order chi connectivity index (χ0) is 24.5. The Morgan fingerprint density at radius 3 is 2.18 bits per heavy atom. The van der Waals surface area contributed by atoms with Gasteiger partial charge in [0.15, 0.2) is 0 Å². The second-order valence-electron chi connectivity index (χ2n) is 8.62. The van der Waals surface area contributed by atoms with E-state index in [1.807, 2.05) is 99.6 Å². The van der Waals surface area contributed by atoms with E-state index in [-0.39, 0.29) is 23.6 Å². The van der Waals surface area contributed by atoms with Gasteiger partial charge in [-0.25, -0.2) is 0 Å². The Hall–Kier alpha value is -2.57. The molecular formula is C28H31BrN2O2S. The molecule has 0 bridgehead atoms. The molecule has 178 valence electrons. The molecule has 0 unspecified atom stereocenters. The van der Waals surface area contributed by atoms with Crippen molar-refractivity contribution in [3.05, 3.63) is 100 Å². The summed E-state index contributed by atoms with van der Waals surface area (Å²) in [6.07, 6.45) is 0.455. The average Bonchev–Trinajstić information content (AvgIpc) is 2.82. The monoisotopic (exact) mass is 538 g/mol. The largest absolute Gasteiger partial charge is 0.352 e. The predicted molar refractivity (Wildman–Crippen MR) is 144 cm³/mol. The highest BCUT2D eigenvalue weighted by Gasteiger charge is 2.30. The minimum Gasteiger partial charge on any atom is -0.352 e. The zero-order valence-electron chi connectivity index (χ0n) is 19.8. The molecule has 34 heavy (non-hydrogen) atoms. The number of hydrogen-bond acceptors (Lipinski definition) is 3. The fourth-order valence-electron chi connectivity index (χ4n) is 3.58. The molecule has 0 radical (unpaired) electrons. The van der Waals surface area contributed by atoms with Crippen LogP contribution in [0.25, 0.3) is 0 Å². The molecule has 0 saturated heterocycles. The summed E-state index contributed by atoms with van der Waals surface area (Å²) in [5, 5.41) is 3.03. The fraction of sp³-hybridized carbons (Fsp3) is 0.286. The molecule has 3 aromatic rings. The highest BCUT2D eigenvalue weighted by Crippen LogP contribution is 2.22. The number of nitrogens with one attached hydrogen (secondary N) is 1. The molecule has 1 atom stereocenters. The molecule has 0 heterocycles. The van der Waals surface area contributed by atoms with E-state index < -0.39 is 6.04 Å². The summed E-state index contributed by atoms with van der Waals surface area (Å²) in [5.74, 6) is 0.0674. The molecule has 6 heteroatoms. The summed E-state index contributed by atoms with van der Waals surface area (Å²) in [7, 11) is 0. The van der Waals surface area contributed by atoms with Crippen molar-refractivity contribution in [2.75, 3.05) is 5.75 Å². The van der Waals surface area contributed by atoms with E-state index in [9.17, 15) is 9.59 Å². The lowest BCUT2D eigenvalue weighted by Gasteiger charge is -2.32. The molecular weight excluding hydrogens is 508 g/mol. The maximum absolute atomic E-state index is 13.6. The van der Waals surface area contributed by atoms with Crippen LogP contribution in [0.3, 0.4) is 0 Å². The van der Waals surface area contributed by atoms with Crippen LogP contribution in [0.4, 0.5) is 0 Å². The summed E-state index contributed by atoms with van der Waals surface area (Å²) >= 11 is 4.97. The van der Waals surface area contributed by atoms with Crippen LogP contribution in [0.15, 0.2) is 88.2 Å². The first kappa shape index (κ1) is 26.0. The molecule has 0 aliphatic carbocycles. The lowest BCUT2D eigenvalue weighted by Crippen LogP contribution is -2.52. The Morgan fingerprint density at radius 1 is 0.912 bits per heavy atom. The number of carbonyl (C=O) groups is 2. The smallest absolute Gasteiger partial charge is 0.243 e. The number of rotatable bonds is 10. The topological polar surface area (TPSA) is 49.4 Å². The summed E-state index contributed by atoms with van der Waals surface area (Å²) in [6.45, 7) is 6.28. The average molecular weight is 540 g/mol. The number of hydrogen-bond donors (Lipinski definition) is 1. The number of thioether (sulfide) groups is 1. The first-order chi connectivity index (χ1) is 16.3. The van der Waals surface area contributed by atoms with E-state index in [0.29, 0.717) is 13.0 Å². The molecule has 0 aliphatic rings. The van der Waals surface area contributed by atoms with Gasteiger partial charge in [-0.05, 0) is 56.2 Å². The Balaban J connectivity index is 1.89. The van der Waals surface area contributed by atoms with Crippen LogP contribution in [-0.2, 0) is 22.6 Å². The van der Waals surface area contributed by atoms with Crippen molar-refractivity contribution in [2.24, 2.45) is 0 Å². The Kier molecular flexibility index (Phi) is 9.78. The number of carbonyl (C=O) groups excluding carboxylic acids is 2. The number of aryl methyl sites for hydroxylation is 1. The molecule has 0 fully saturated rings. The number of amides is 2. The van der Waals surface area contributed by atoms with E-state index in [1.54, 1.807) is 4.90 Å². The van der Waals surface area contributed by atoms with Gasteiger partial charge in [0.05, 0.1) is 5.75 Å². The van der Waals surface area contributed by atoms with Gasteiger partial charge in [0, 0.05) is 28.4 Å². The molecule has 1 N–H and O–H groups in total. The molecule has 0 saturated carbocycles. The van der Waals surface area contributed by atoms with Crippen molar-refractivity contribution in [3.63, 3.8) is 0 Å². The summed E-state index contributed by atoms with van der Waals surface area (Å²) in [4.78, 5) is 29.7. The molecule has 3 aromatic carbocycles. The van der Waals surface area contributed by atoms with E-state index in [0.717, 1.165) is 20.5 Å². The van der Waals surface area contributed by atoms with Gasteiger partial charge in [-0.1, -0.05) is 76.1 Å². The Morgan fingerprint density at radius 2 is 1.56 bits per heavy atom. The van der Waals surface area contributed by atoms with Crippen molar-refractivity contribution in [3.8, 4) is 0 Å². The third kappa shape index (κ3) is 8.03. The maximum Gasteiger partial charge on any atom is 0.243 e. The van der Waals surface area contributed by atoms with Gasteiger partial charge < -0.3 is 10.2 Å². The first-order valence-corrected chi connectivity index (χ1v) is 13.2. The SMILES string of the molecule is Cc1ccc(SCC(=O)N(Cc2ccc(Br)cc2)[C@@H](Cc2ccccc2)C(=O)NC(C)C)cc1. The van der Waals surface area contributed by atoms with Crippen LogP contribution < -0.4 is 5.32 Å². The van der Waals surface area contributed by atoms with Crippen molar-refractivity contribution < 1.29 is 9.59 Å². The van der Waals surface area contributed by atoms with Crippen LogP contribution in [-0.4, -0.2) is 34.6 Å². The maximum atomic E-state index is 13.6. The predicted octanol–water partition coefficient (Wildman–Crippen LogP) is 6.01. The van der Waals surface area contributed by atoms with Gasteiger partial charge in [-0.15, -0.1) is 11.8 Å². The number of benzene rings is 3. The van der Waals surface area contributed by atoms with E-state index in [4.69, 9.17) is 0 Å². The van der Waals surface area contributed by atoms with Crippen molar-refractivity contribution in [1.29, 1.82) is 0 Å². The van der Waals surface area contributed by atoms with Crippen LogP contribution in [0.5, 0.6) is 0 Å². The van der Waals surface area contributed by atoms with Crippen molar-refractivity contribution in [2.45, 2.75) is 50.7 Å². The third-order valence-corrected chi connectivity index (χ3v) is 6.88.